The van der Waals surface area contributed by atoms with Crippen molar-refractivity contribution >= 4 is 17.6 Å². The molecule has 0 bridgehead atoms. The summed E-state index contributed by atoms with van der Waals surface area (Å²) in [6.45, 7) is -0.00560. The molecule has 3 rings (SSSR count). The van der Waals surface area contributed by atoms with Crippen molar-refractivity contribution < 1.29 is 36.6 Å². The maximum absolute atomic E-state index is 13.6. The van der Waals surface area contributed by atoms with Gasteiger partial charge in [-0.1, -0.05) is 0 Å². The molecule has 2 aromatic rings. The second-order valence-electron chi connectivity index (χ2n) is 6.44. The Labute approximate surface area is 168 Å². The van der Waals surface area contributed by atoms with Crippen LogP contribution in [0.4, 0.5) is 23.4 Å². The molecule has 0 radical (unpaired) electrons. The molecule has 0 atom stereocenters. The molecule has 0 saturated heterocycles. The molecule has 2 N–H and O–H groups in total. The van der Waals surface area contributed by atoms with Gasteiger partial charge in [-0.25, -0.2) is 9.37 Å². The number of alkyl halides is 3. The molecular weight excluding hydrogens is 410 g/mol. The fraction of sp³-hybridized carbons (Fsp3) is 0.316. The monoisotopic (exact) mass is 427 g/mol. The smallest absolute Gasteiger partial charge is 0.492 e. The molecule has 1 heterocycles. The third-order valence-corrected chi connectivity index (χ3v) is 4.01. The number of benzene rings is 1. The van der Waals surface area contributed by atoms with E-state index in [1.165, 1.54) is 18.3 Å². The molecule has 0 spiro atoms. The number of ether oxygens (including phenoxy) is 2. The summed E-state index contributed by atoms with van der Waals surface area (Å²) in [6.07, 6.45) is -1.93. The van der Waals surface area contributed by atoms with Gasteiger partial charge in [0, 0.05) is 23.7 Å². The van der Waals surface area contributed by atoms with Crippen molar-refractivity contribution in [3.05, 3.63) is 47.9 Å². The highest BCUT2D eigenvalue weighted by Gasteiger charge is 2.32. The van der Waals surface area contributed by atoms with E-state index in [0.29, 0.717) is 0 Å². The number of halogens is 4. The highest BCUT2D eigenvalue weighted by molar-refractivity contribution is 5.97. The number of nitrogens with zero attached hydrogens (tertiary/aromatic N) is 1. The van der Waals surface area contributed by atoms with Crippen molar-refractivity contribution in [1.82, 2.24) is 10.3 Å². The van der Waals surface area contributed by atoms with Crippen LogP contribution in [-0.2, 0) is 4.79 Å². The number of nitrogens with one attached hydrogen (secondary N) is 2. The molecule has 2 amide bonds. The first-order valence-corrected chi connectivity index (χ1v) is 8.94. The minimum absolute atomic E-state index is 0.000332. The maximum Gasteiger partial charge on any atom is 0.573 e. The fourth-order valence-corrected chi connectivity index (χ4v) is 2.43. The van der Waals surface area contributed by atoms with Crippen LogP contribution in [0, 0.1) is 11.7 Å². The first-order chi connectivity index (χ1) is 14.2. The van der Waals surface area contributed by atoms with E-state index in [2.05, 4.69) is 20.4 Å². The van der Waals surface area contributed by atoms with Gasteiger partial charge in [-0.2, -0.15) is 0 Å². The lowest BCUT2D eigenvalue weighted by Gasteiger charge is -2.12. The molecule has 0 aliphatic heterocycles. The lowest BCUT2D eigenvalue weighted by molar-refractivity contribution is -0.275. The van der Waals surface area contributed by atoms with Gasteiger partial charge in [0.2, 0.25) is 5.91 Å². The molecule has 7 nitrogen and oxygen atoms in total. The maximum atomic E-state index is 13.6. The summed E-state index contributed by atoms with van der Waals surface area (Å²) >= 11 is 0. The molecule has 1 aliphatic carbocycles. The lowest BCUT2D eigenvalue weighted by Crippen LogP contribution is -2.28. The zero-order valence-electron chi connectivity index (χ0n) is 15.5. The molecule has 11 heteroatoms. The number of hydrogen-bond donors (Lipinski definition) is 2. The van der Waals surface area contributed by atoms with Crippen LogP contribution in [0.1, 0.15) is 23.2 Å². The number of hydrogen-bond acceptors (Lipinski definition) is 5. The topological polar surface area (TPSA) is 89.6 Å². The van der Waals surface area contributed by atoms with Crippen LogP contribution in [0.25, 0.3) is 0 Å². The van der Waals surface area contributed by atoms with E-state index in [0.717, 1.165) is 31.0 Å². The van der Waals surface area contributed by atoms with Crippen LogP contribution in [0.3, 0.4) is 0 Å². The average molecular weight is 427 g/mol. The highest BCUT2D eigenvalue weighted by atomic mass is 19.4. The highest BCUT2D eigenvalue weighted by Crippen LogP contribution is 2.30. The summed E-state index contributed by atoms with van der Waals surface area (Å²) in [5.74, 6) is -2.52. The molecule has 1 aromatic carbocycles. The number of rotatable bonds is 8. The number of pyridine rings is 1. The van der Waals surface area contributed by atoms with Crippen molar-refractivity contribution in [2.24, 2.45) is 5.92 Å². The van der Waals surface area contributed by atoms with E-state index in [9.17, 15) is 27.2 Å². The quantitative estimate of drug-likeness (QED) is 0.499. The van der Waals surface area contributed by atoms with Gasteiger partial charge < -0.3 is 20.1 Å². The minimum atomic E-state index is -5.00. The number of carbonyl (C=O) groups is 2. The number of aromatic nitrogens is 1. The summed E-state index contributed by atoms with van der Waals surface area (Å²) in [5.41, 5.74) is 0.274. The van der Waals surface area contributed by atoms with E-state index >= 15 is 0 Å². The molecule has 1 aliphatic rings. The zero-order valence-corrected chi connectivity index (χ0v) is 15.5. The van der Waals surface area contributed by atoms with Gasteiger partial charge in [-0.15, -0.1) is 13.2 Å². The standard InChI is InChI=1S/C19H17F4N3O4/c20-14-10-13(3-4-15(14)30-19(21,22)23)29-8-7-25-17(27)12-5-6-24-16(9-12)26-18(28)11-1-2-11/h3-6,9-11H,1-2,7-8H2,(H,25,27)(H,24,26,28). The molecular formula is C19H17F4N3O4. The molecule has 1 aromatic heterocycles. The minimum Gasteiger partial charge on any atom is -0.492 e. The molecule has 30 heavy (non-hydrogen) atoms. The number of anilines is 1. The van der Waals surface area contributed by atoms with Gasteiger partial charge in [0.15, 0.2) is 11.6 Å². The van der Waals surface area contributed by atoms with Crippen molar-refractivity contribution in [1.29, 1.82) is 0 Å². The summed E-state index contributed by atoms with van der Waals surface area (Å²) < 4.78 is 58.7. The second kappa shape index (κ2) is 8.97. The van der Waals surface area contributed by atoms with Crippen LogP contribution >= 0.6 is 0 Å². The fourth-order valence-electron chi connectivity index (χ4n) is 2.43. The van der Waals surface area contributed by atoms with Gasteiger partial charge in [-0.05, 0) is 37.1 Å². The Morgan fingerprint density at radius 1 is 1.17 bits per heavy atom. The predicted molar refractivity (Wildman–Crippen MR) is 96.5 cm³/mol. The normalized spacial score (nSPS) is 13.5. The molecule has 1 saturated carbocycles. The van der Waals surface area contributed by atoms with Crippen molar-refractivity contribution in [3.63, 3.8) is 0 Å². The van der Waals surface area contributed by atoms with E-state index in [-0.39, 0.29) is 42.1 Å². The first-order valence-electron chi connectivity index (χ1n) is 8.94. The Morgan fingerprint density at radius 3 is 2.60 bits per heavy atom. The molecule has 0 unspecified atom stereocenters. The van der Waals surface area contributed by atoms with Gasteiger partial charge in [0.25, 0.3) is 5.91 Å². The van der Waals surface area contributed by atoms with Gasteiger partial charge >= 0.3 is 6.36 Å². The zero-order chi connectivity index (χ0) is 21.7. The van der Waals surface area contributed by atoms with E-state index in [4.69, 9.17) is 4.74 Å². The lowest BCUT2D eigenvalue weighted by atomic mass is 10.2. The van der Waals surface area contributed by atoms with E-state index in [1.807, 2.05) is 0 Å². The Morgan fingerprint density at radius 2 is 1.93 bits per heavy atom. The second-order valence-corrected chi connectivity index (χ2v) is 6.44. The SMILES string of the molecule is O=C(NCCOc1ccc(OC(F)(F)F)c(F)c1)c1ccnc(NC(=O)C2CC2)c1. The van der Waals surface area contributed by atoms with Crippen molar-refractivity contribution in [2.45, 2.75) is 19.2 Å². The summed E-state index contributed by atoms with van der Waals surface area (Å²) in [5, 5.41) is 5.21. The Hall–Kier alpha value is -3.37. The first kappa shape index (κ1) is 21.3. The van der Waals surface area contributed by atoms with Crippen LogP contribution in [0.15, 0.2) is 36.5 Å². The van der Waals surface area contributed by atoms with Crippen LogP contribution in [-0.4, -0.2) is 36.3 Å². The van der Waals surface area contributed by atoms with E-state index < -0.39 is 23.8 Å². The predicted octanol–water partition coefficient (Wildman–Crippen LogP) is 3.28. The molecule has 1 fully saturated rings. The van der Waals surface area contributed by atoms with Crippen LogP contribution in [0.2, 0.25) is 0 Å². The third-order valence-electron chi connectivity index (χ3n) is 4.01. The number of carbonyl (C=O) groups excluding carboxylic acids is 2. The summed E-state index contributed by atoms with van der Waals surface area (Å²) in [4.78, 5) is 27.9. The van der Waals surface area contributed by atoms with E-state index in [1.54, 1.807) is 0 Å². The Kier molecular flexibility index (Phi) is 6.38. The third kappa shape index (κ3) is 6.33. The largest absolute Gasteiger partial charge is 0.573 e. The number of amides is 2. The van der Waals surface area contributed by atoms with Crippen LogP contribution < -0.4 is 20.1 Å². The Bertz CT molecular complexity index is 932. The van der Waals surface area contributed by atoms with Crippen molar-refractivity contribution in [2.75, 3.05) is 18.5 Å². The summed E-state index contributed by atoms with van der Waals surface area (Å²) in [7, 11) is 0. The van der Waals surface area contributed by atoms with Crippen molar-refractivity contribution in [3.8, 4) is 11.5 Å². The van der Waals surface area contributed by atoms with Crippen LogP contribution in [0.5, 0.6) is 11.5 Å². The van der Waals surface area contributed by atoms with Gasteiger partial charge in [-0.3, -0.25) is 9.59 Å². The Balaban J connectivity index is 1.45. The van der Waals surface area contributed by atoms with Gasteiger partial charge in [0.1, 0.15) is 18.2 Å². The molecule has 160 valence electrons. The summed E-state index contributed by atoms with van der Waals surface area (Å²) in [6, 6.07) is 5.57. The van der Waals surface area contributed by atoms with Gasteiger partial charge in [0.05, 0.1) is 6.54 Å². The average Bonchev–Trinajstić information content (AvgIpc) is 3.52.